The van der Waals surface area contributed by atoms with Crippen molar-refractivity contribution in [2.45, 2.75) is 77.4 Å². The minimum absolute atomic E-state index is 0.0519. The van der Waals surface area contributed by atoms with Gasteiger partial charge in [0, 0.05) is 17.5 Å². The van der Waals surface area contributed by atoms with Crippen LogP contribution in [0.5, 0.6) is 0 Å². The summed E-state index contributed by atoms with van der Waals surface area (Å²) in [4.78, 5) is 27.0. The monoisotopic (exact) mass is 432 g/mol. The van der Waals surface area contributed by atoms with E-state index in [2.05, 4.69) is 10.2 Å². The van der Waals surface area contributed by atoms with Gasteiger partial charge in [-0.25, -0.2) is 9.18 Å². The third kappa shape index (κ3) is 7.60. The quantitative estimate of drug-likeness (QED) is 0.628. The fourth-order valence-electron chi connectivity index (χ4n) is 4.70. The standard InChI is InChI=1S/C25H37FN2O3/c1-25(2,3)31-24(30)27-22-10-4-18(5-11-22)12-15-28-16-13-20(14-17-28)23(29)19-6-8-21(26)9-7-19/h6-9,18,20,22H,4-5,10-17H2,1-3H3,(H,27,30). The van der Waals surface area contributed by atoms with Crippen molar-refractivity contribution in [3.63, 3.8) is 0 Å². The Hall–Kier alpha value is -1.95. The molecule has 1 aliphatic heterocycles. The number of alkyl carbamates (subject to hydrolysis) is 1. The second-order valence-corrected chi connectivity index (χ2v) is 10.1. The molecule has 1 N–H and O–H groups in total. The van der Waals surface area contributed by atoms with Crippen molar-refractivity contribution in [3.8, 4) is 0 Å². The molecular formula is C25H37FN2O3. The number of benzene rings is 1. The molecule has 31 heavy (non-hydrogen) atoms. The van der Waals surface area contributed by atoms with E-state index in [1.807, 2.05) is 20.8 Å². The molecule has 2 aliphatic rings. The molecule has 0 atom stereocenters. The molecule has 6 heteroatoms. The van der Waals surface area contributed by atoms with E-state index >= 15 is 0 Å². The smallest absolute Gasteiger partial charge is 0.407 e. The molecule has 0 spiro atoms. The molecule has 1 saturated heterocycles. The number of nitrogens with zero attached hydrogens (tertiary/aromatic N) is 1. The Bertz CT molecular complexity index is 728. The van der Waals surface area contributed by atoms with Crippen LogP contribution in [-0.4, -0.2) is 48.1 Å². The highest BCUT2D eigenvalue weighted by molar-refractivity contribution is 5.97. The van der Waals surface area contributed by atoms with Gasteiger partial charge in [-0.2, -0.15) is 0 Å². The molecule has 1 saturated carbocycles. The Morgan fingerprint density at radius 1 is 1.03 bits per heavy atom. The maximum atomic E-state index is 13.1. The SMILES string of the molecule is CC(C)(C)OC(=O)NC1CCC(CCN2CCC(C(=O)c3ccc(F)cc3)CC2)CC1. The summed E-state index contributed by atoms with van der Waals surface area (Å²) in [6, 6.07) is 6.13. The average Bonchev–Trinajstić information content (AvgIpc) is 2.72. The molecule has 0 aromatic heterocycles. The summed E-state index contributed by atoms with van der Waals surface area (Å²) in [6.45, 7) is 8.62. The van der Waals surface area contributed by atoms with Gasteiger partial charge >= 0.3 is 6.09 Å². The van der Waals surface area contributed by atoms with Gasteiger partial charge in [-0.15, -0.1) is 0 Å². The van der Waals surface area contributed by atoms with Gasteiger partial charge in [0.1, 0.15) is 11.4 Å². The predicted molar refractivity (Wildman–Crippen MR) is 120 cm³/mol. The normalized spacial score (nSPS) is 23.4. The highest BCUT2D eigenvalue weighted by Crippen LogP contribution is 2.28. The number of rotatable bonds is 6. The number of amides is 1. The number of hydrogen-bond acceptors (Lipinski definition) is 4. The van der Waals surface area contributed by atoms with E-state index in [1.165, 1.54) is 18.6 Å². The second kappa shape index (κ2) is 10.6. The molecular weight excluding hydrogens is 395 g/mol. The van der Waals surface area contributed by atoms with Crippen LogP contribution in [0, 0.1) is 17.7 Å². The summed E-state index contributed by atoms with van der Waals surface area (Å²) in [5.41, 5.74) is 0.162. The maximum absolute atomic E-state index is 13.1. The summed E-state index contributed by atoms with van der Waals surface area (Å²) >= 11 is 0. The van der Waals surface area contributed by atoms with Crippen molar-refractivity contribution in [3.05, 3.63) is 35.6 Å². The van der Waals surface area contributed by atoms with Crippen molar-refractivity contribution in [2.75, 3.05) is 19.6 Å². The van der Waals surface area contributed by atoms with E-state index in [4.69, 9.17) is 4.74 Å². The highest BCUT2D eigenvalue weighted by Gasteiger charge is 2.28. The van der Waals surface area contributed by atoms with Crippen LogP contribution in [0.25, 0.3) is 0 Å². The first-order valence-electron chi connectivity index (χ1n) is 11.7. The number of ketones is 1. The minimum Gasteiger partial charge on any atom is -0.444 e. The van der Waals surface area contributed by atoms with Crippen molar-refractivity contribution in [1.29, 1.82) is 0 Å². The molecule has 1 aromatic carbocycles. The largest absolute Gasteiger partial charge is 0.444 e. The van der Waals surface area contributed by atoms with E-state index in [1.54, 1.807) is 12.1 Å². The van der Waals surface area contributed by atoms with Gasteiger partial charge in [0.25, 0.3) is 0 Å². The van der Waals surface area contributed by atoms with Gasteiger partial charge in [0.05, 0.1) is 0 Å². The number of piperidine rings is 1. The summed E-state index contributed by atoms with van der Waals surface area (Å²) in [7, 11) is 0. The number of hydrogen-bond donors (Lipinski definition) is 1. The molecule has 1 aromatic rings. The van der Waals surface area contributed by atoms with E-state index in [9.17, 15) is 14.0 Å². The predicted octanol–water partition coefficient (Wildman–Crippen LogP) is 5.19. The van der Waals surface area contributed by atoms with Crippen LogP contribution in [0.4, 0.5) is 9.18 Å². The van der Waals surface area contributed by atoms with Crippen LogP contribution in [0.1, 0.15) is 76.1 Å². The number of halogens is 1. The molecule has 1 heterocycles. The van der Waals surface area contributed by atoms with Crippen LogP contribution in [0.2, 0.25) is 0 Å². The molecule has 0 bridgehead atoms. The maximum Gasteiger partial charge on any atom is 0.407 e. The Morgan fingerprint density at radius 2 is 1.65 bits per heavy atom. The Morgan fingerprint density at radius 3 is 2.23 bits per heavy atom. The number of ether oxygens (including phenoxy) is 1. The first-order valence-corrected chi connectivity index (χ1v) is 11.7. The van der Waals surface area contributed by atoms with Crippen LogP contribution in [0.15, 0.2) is 24.3 Å². The lowest BCUT2D eigenvalue weighted by Crippen LogP contribution is -2.41. The molecule has 5 nitrogen and oxygen atoms in total. The minimum atomic E-state index is -0.460. The number of nitrogens with one attached hydrogen (secondary N) is 1. The van der Waals surface area contributed by atoms with Crippen LogP contribution >= 0.6 is 0 Å². The molecule has 1 amide bonds. The van der Waals surface area contributed by atoms with E-state index in [0.717, 1.165) is 58.2 Å². The number of likely N-dealkylation sites (tertiary alicyclic amines) is 1. The zero-order valence-electron chi connectivity index (χ0n) is 19.2. The van der Waals surface area contributed by atoms with Crippen molar-refractivity contribution >= 4 is 11.9 Å². The fourth-order valence-corrected chi connectivity index (χ4v) is 4.70. The first kappa shape index (κ1) is 23.7. The number of carbonyl (C=O) groups is 2. The van der Waals surface area contributed by atoms with Gasteiger partial charge in [0.2, 0.25) is 0 Å². The summed E-state index contributed by atoms with van der Waals surface area (Å²) in [6.07, 6.45) is 6.92. The molecule has 0 unspecified atom stereocenters. The van der Waals surface area contributed by atoms with Crippen LogP contribution < -0.4 is 5.32 Å². The zero-order valence-corrected chi connectivity index (χ0v) is 19.2. The lowest BCUT2D eigenvalue weighted by atomic mass is 9.83. The van der Waals surface area contributed by atoms with Gasteiger partial charge < -0.3 is 15.0 Å². The Balaban J connectivity index is 1.32. The summed E-state index contributed by atoms with van der Waals surface area (Å²) in [5.74, 6) is 0.600. The Labute approximate surface area is 185 Å². The Kier molecular flexibility index (Phi) is 8.09. The van der Waals surface area contributed by atoms with Gasteiger partial charge in [-0.1, -0.05) is 0 Å². The zero-order chi connectivity index (χ0) is 22.4. The molecule has 1 aliphatic carbocycles. The van der Waals surface area contributed by atoms with Crippen LogP contribution in [-0.2, 0) is 4.74 Å². The highest BCUT2D eigenvalue weighted by atomic mass is 19.1. The summed E-state index contributed by atoms with van der Waals surface area (Å²) < 4.78 is 18.4. The third-order valence-corrected chi connectivity index (χ3v) is 6.51. The van der Waals surface area contributed by atoms with E-state index in [0.29, 0.717) is 11.5 Å². The van der Waals surface area contributed by atoms with Gasteiger partial charge in [-0.3, -0.25) is 4.79 Å². The fraction of sp³-hybridized carbons (Fsp3) is 0.680. The first-order chi connectivity index (χ1) is 14.7. The molecule has 172 valence electrons. The van der Waals surface area contributed by atoms with E-state index < -0.39 is 5.60 Å². The van der Waals surface area contributed by atoms with Crippen LogP contribution in [0.3, 0.4) is 0 Å². The number of carbonyl (C=O) groups excluding carboxylic acids is 2. The van der Waals surface area contributed by atoms with Crippen molar-refractivity contribution in [2.24, 2.45) is 11.8 Å². The molecule has 2 fully saturated rings. The van der Waals surface area contributed by atoms with E-state index in [-0.39, 0.29) is 29.7 Å². The lowest BCUT2D eigenvalue weighted by molar-refractivity contribution is 0.0485. The molecule has 3 rings (SSSR count). The second-order valence-electron chi connectivity index (χ2n) is 10.1. The van der Waals surface area contributed by atoms with Crippen molar-refractivity contribution in [1.82, 2.24) is 10.2 Å². The third-order valence-electron chi connectivity index (χ3n) is 6.51. The summed E-state index contributed by atoms with van der Waals surface area (Å²) in [5, 5.41) is 3.01. The average molecular weight is 433 g/mol. The van der Waals surface area contributed by atoms with Crippen molar-refractivity contribution < 1.29 is 18.7 Å². The number of Topliss-reactive ketones (excluding diaryl/α,β-unsaturated/α-hetero) is 1. The topological polar surface area (TPSA) is 58.6 Å². The van der Waals surface area contributed by atoms with Gasteiger partial charge in [-0.05, 0) is 116 Å². The van der Waals surface area contributed by atoms with Gasteiger partial charge in [0.15, 0.2) is 5.78 Å². The lowest BCUT2D eigenvalue weighted by Gasteiger charge is -2.34. The molecule has 0 radical (unpaired) electrons.